The third kappa shape index (κ3) is 6.24. The number of ether oxygens (including phenoxy) is 2. The number of carbonyl (C=O) groups excluding carboxylic acids is 3. The highest BCUT2D eigenvalue weighted by Crippen LogP contribution is 2.44. The quantitative estimate of drug-likeness (QED) is 0.272. The van der Waals surface area contributed by atoms with E-state index in [0.29, 0.717) is 23.9 Å². The average Bonchev–Trinajstić information content (AvgIpc) is 3.10. The van der Waals surface area contributed by atoms with Gasteiger partial charge in [0, 0.05) is 73.9 Å². The zero-order chi connectivity index (χ0) is 34.3. The molecule has 3 saturated heterocycles. The molecular weight excluding hydrogens is 624 g/mol. The number of likely N-dealkylation sites (tertiary alicyclic amines) is 1. The lowest BCUT2D eigenvalue weighted by atomic mass is 9.71. The lowest BCUT2D eigenvalue weighted by Crippen LogP contribution is -2.60. The summed E-state index contributed by atoms with van der Waals surface area (Å²) in [6.07, 6.45) is 7.78. The molecule has 4 aromatic rings. The highest BCUT2D eigenvalue weighted by molar-refractivity contribution is 6.04. The van der Waals surface area contributed by atoms with Crippen LogP contribution in [0.15, 0.2) is 65.8 Å². The summed E-state index contributed by atoms with van der Waals surface area (Å²) in [6.45, 7) is 4.41. The largest absolute Gasteiger partial charge is 0.496 e. The first-order valence-electron chi connectivity index (χ1n) is 16.6. The maximum atomic E-state index is 12.9. The van der Waals surface area contributed by atoms with Crippen molar-refractivity contribution in [1.82, 2.24) is 25.1 Å². The van der Waals surface area contributed by atoms with Gasteiger partial charge >= 0.3 is 0 Å². The summed E-state index contributed by atoms with van der Waals surface area (Å²) in [6, 6.07) is 12.7. The summed E-state index contributed by atoms with van der Waals surface area (Å²) in [4.78, 5) is 58.1. The molecular formula is C37H40N6O6. The van der Waals surface area contributed by atoms with Crippen LogP contribution in [-0.2, 0) is 23.2 Å². The molecule has 0 bridgehead atoms. The maximum absolute atomic E-state index is 12.9. The molecule has 2 N–H and O–H groups in total. The molecule has 7 rings (SSSR count). The van der Waals surface area contributed by atoms with Crippen molar-refractivity contribution in [3.05, 3.63) is 82.5 Å². The molecule has 2 aromatic carbocycles. The van der Waals surface area contributed by atoms with E-state index in [0.717, 1.165) is 78.3 Å². The average molecular weight is 665 g/mol. The molecule has 1 atom stereocenters. The van der Waals surface area contributed by atoms with Crippen LogP contribution in [0.4, 0.5) is 5.69 Å². The maximum Gasteiger partial charge on any atom is 0.259 e. The molecule has 49 heavy (non-hydrogen) atoms. The fraction of sp³-hybridized carbons (Fsp3) is 0.378. The molecule has 12 heteroatoms. The topological polar surface area (TPSA) is 135 Å². The Balaban J connectivity index is 0.999. The van der Waals surface area contributed by atoms with Crippen LogP contribution in [0, 0.1) is 5.41 Å². The predicted octanol–water partition coefficient (Wildman–Crippen LogP) is 3.26. The van der Waals surface area contributed by atoms with E-state index in [-0.39, 0.29) is 29.2 Å². The zero-order valence-corrected chi connectivity index (χ0v) is 28.0. The standard InChI is InChI=1S/C37H40N6O6/c1-41-19-28(26-9-12-38-18-27(26)36(41)47)24-16-31(48-2)29(32(17-24)49-3)20-42-13-10-37(11-14-42)21-43(22-37)25-6-4-5-23(15-25)34(45)39-30-7-8-33(44)40-35(30)46/h4-6,9,12,15-19,30H,7-8,10-11,13-14,20-22H2,1-3H3,(H,39,45)(H,40,44,46). The van der Waals surface area contributed by atoms with Gasteiger partial charge in [-0.1, -0.05) is 6.07 Å². The number of piperidine rings is 2. The Kier molecular flexibility index (Phi) is 8.57. The van der Waals surface area contributed by atoms with Gasteiger partial charge in [0.15, 0.2) is 0 Å². The number of imide groups is 1. The number of aryl methyl sites for hydroxylation is 1. The number of fused-ring (bicyclic) bond motifs is 1. The minimum Gasteiger partial charge on any atom is -0.496 e. The molecule has 3 amide bonds. The Morgan fingerprint density at radius 1 is 1.02 bits per heavy atom. The summed E-state index contributed by atoms with van der Waals surface area (Å²) in [5.74, 6) is 0.386. The van der Waals surface area contributed by atoms with E-state index < -0.39 is 11.9 Å². The van der Waals surface area contributed by atoms with Crippen LogP contribution >= 0.6 is 0 Å². The number of benzene rings is 2. The van der Waals surface area contributed by atoms with Gasteiger partial charge < -0.3 is 24.3 Å². The molecule has 3 aliphatic heterocycles. The summed E-state index contributed by atoms with van der Waals surface area (Å²) < 4.78 is 13.4. The van der Waals surface area contributed by atoms with Crippen LogP contribution in [0.2, 0.25) is 0 Å². The van der Waals surface area contributed by atoms with Crippen molar-refractivity contribution >= 4 is 34.2 Å². The predicted molar refractivity (Wildman–Crippen MR) is 185 cm³/mol. The van der Waals surface area contributed by atoms with Crippen LogP contribution in [0.3, 0.4) is 0 Å². The Hall–Kier alpha value is -5.23. The molecule has 3 aliphatic rings. The minimum atomic E-state index is -0.706. The fourth-order valence-electron chi connectivity index (χ4n) is 7.43. The van der Waals surface area contributed by atoms with E-state index in [4.69, 9.17) is 9.47 Å². The van der Waals surface area contributed by atoms with Crippen molar-refractivity contribution in [3.8, 4) is 22.6 Å². The Morgan fingerprint density at radius 2 is 1.76 bits per heavy atom. The lowest BCUT2D eigenvalue weighted by Gasteiger charge is -2.55. The second-order valence-electron chi connectivity index (χ2n) is 13.4. The van der Waals surface area contributed by atoms with Gasteiger partial charge in [0.2, 0.25) is 11.8 Å². The van der Waals surface area contributed by atoms with Gasteiger partial charge in [-0.05, 0) is 79.7 Å². The molecule has 3 fully saturated rings. The van der Waals surface area contributed by atoms with Crippen LogP contribution < -0.4 is 30.6 Å². The number of amides is 3. The number of nitrogens with one attached hydrogen (secondary N) is 2. The number of methoxy groups -OCH3 is 2. The minimum absolute atomic E-state index is 0.0946. The first kappa shape index (κ1) is 32.3. The molecule has 254 valence electrons. The van der Waals surface area contributed by atoms with Gasteiger partial charge in [0.25, 0.3) is 11.5 Å². The van der Waals surface area contributed by atoms with Gasteiger partial charge in [0.1, 0.15) is 17.5 Å². The Bertz CT molecular complexity index is 1980. The molecule has 0 aliphatic carbocycles. The molecule has 5 heterocycles. The third-order valence-electron chi connectivity index (χ3n) is 10.3. The molecule has 1 unspecified atom stereocenters. The first-order valence-corrected chi connectivity index (χ1v) is 16.6. The zero-order valence-electron chi connectivity index (χ0n) is 28.0. The number of nitrogens with zero attached hydrogens (tertiary/aromatic N) is 4. The monoisotopic (exact) mass is 664 g/mol. The summed E-state index contributed by atoms with van der Waals surface area (Å²) in [7, 11) is 5.09. The van der Waals surface area contributed by atoms with Crippen molar-refractivity contribution < 1.29 is 23.9 Å². The number of carbonyl (C=O) groups is 3. The van der Waals surface area contributed by atoms with Gasteiger partial charge in [-0.3, -0.25) is 34.4 Å². The SMILES string of the molecule is COc1cc(-c2cn(C)c(=O)c3cnccc23)cc(OC)c1CN1CCC2(CC1)CN(c1cccc(C(=O)NC3CCC(=O)NC3=O)c1)C2. The Morgan fingerprint density at radius 3 is 2.45 bits per heavy atom. The first-order chi connectivity index (χ1) is 23.7. The molecule has 0 radical (unpaired) electrons. The normalized spacial score (nSPS) is 19.0. The fourth-order valence-corrected chi connectivity index (χ4v) is 7.43. The van der Waals surface area contributed by atoms with Crippen LogP contribution in [0.5, 0.6) is 11.5 Å². The van der Waals surface area contributed by atoms with Crippen LogP contribution in [0.1, 0.15) is 41.6 Å². The summed E-state index contributed by atoms with van der Waals surface area (Å²) >= 11 is 0. The van der Waals surface area contributed by atoms with Gasteiger partial charge in [0.05, 0.1) is 25.2 Å². The van der Waals surface area contributed by atoms with E-state index in [1.165, 1.54) is 0 Å². The van der Waals surface area contributed by atoms with Gasteiger partial charge in [-0.25, -0.2) is 0 Å². The van der Waals surface area contributed by atoms with Crippen molar-refractivity contribution in [1.29, 1.82) is 0 Å². The number of anilines is 1. The second kappa shape index (κ2) is 13.0. The number of aromatic nitrogens is 2. The van der Waals surface area contributed by atoms with E-state index in [9.17, 15) is 19.2 Å². The van der Waals surface area contributed by atoms with Crippen molar-refractivity contribution in [2.75, 3.05) is 45.3 Å². The van der Waals surface area contributed by atoms with Gasteiger partial charge in [-0.15, -0.1) is 0 Å². The molecule has 1 spiro atoms. The van der Waals surface area contributed by atoms with E-state index >= 15 is 0 Å². The van der Waals surface area contributed by atoms with Crippen LogP contribution in [-0.4, -0.2) is 78.6 Å². The summed E-state index contributed by atoms with van der Waals surface area (Å²) in [5, 5.41) is 6.44. The lowest BCUT2D eigenvalue weighted by molar-refractivity contribution is -0.134. The van der Waals surface area contributed by atoms with E-state index in [1.807, 2.05) is 42.6 Å². The number of hydrogen-bond donors (Lipinski definition) is 2. The number of pyridine rings is 2. The highest BCUT2D eigenvalue weighted by Gasteiger charge is 2.45. The second-order valence-corrected chi connectivity index (χ2v) is 13.4. The molecule has 2 aromatic heterocycles. The smallest absolute Gasteiger partial charge is 0.259 e. The summed E-state index contributed by atoms with van der Waals surface area (Å²) in [5.41, 5.74) is 4.39. The Labute approximate surface area is 284 Å². The van der Waals surface area contributed by atoms with Crippen LogP contribution in [0.25, 0.3) is 21.9 Å². The highest BCUT2D eigenvalue weighted by atomic mass is 16.5. The number of hydrogen-bond acceptors (Lipinski definition) is 9. The van der Waals surface area contributed by atoms with Crippen molar-refractivity contribution in [2.24, 2.45) is 12.5 Å². The van der Waals surface area contributed by atoms with Crippen molar-refractivity contribution in [2.45, 2.75) is 38.3 Å². The number of rotatable bonds is 8. The van der Waals surface area contributed by atoms with Gasteiger partial charge in [-0.2, -0.15) is 0 Å². The molecule has 12 nitrogen and oxygen atoms in total. The van der Waals surface area contributed by atoms with Crippen molar-refractivity contribution in [3.63, 3.8) is 0 Å². The third-order valence-corrected chi connectivity index (χ3v) is 10.3. The molecule has 0 saturated carbocycles. The van der Waals surface area contributed by atoms with E-state index in [1.54, 1.807) is 44.3 Å². The van der Waals surface area contributed by atoms with E-state index in [2.05, 4.69) is 25.4 Å².